The third-order valence-corrected chi connectivity index (χ3v) is 4.18. The molecule has 0 fully saturated rings. The Balaban J connectivity index is 1.73. The molecule has 0 bridgehead atoms. The van der Waals surface area contributed by atoms with Crippen LogP contribution in [0, 0.1) is 5.82 Å². The summed E-state index contributed by atoms with van der Waals surface area (Å²) in [5.74, 6) is -1.18. The maximum absolute atomic E-state index is 13.7. The largest absolute Gasteiger partial charge is 0.348 e. The molecule has 0 unspecified atom stereocenters. The zero-order chi connectivity index (χ0) is 16.6. The van der Waals surface area contributed by atoms with Crippen LogP contribution in [0.5, 0.6) is 0 Å². The van der Waals surface area contributed by atoms with E-state index in [0.717, 1.165) is 16.8 Å². The van der Waals surface area contributed by atoms with Crippen molar-refractivity contribution >= 4 is 29.1 Å². The highest BCUT2D eigenvalue weighted by Crippen LogP contribution is 2.28. The molecule has 2 aromatic carbocycles. The lowest BCUT2D eigenvalue weighted by Gasteiger charge is -2.11. The molecule has 1 aliphatic rings. The summed E-state index contributed by atoms with van der Waals surface area (Å²) in [6, 6.07) is 9.66. The predicted molar refractivity (Wildman–Crippen MR) is 86.1 cm³/mol. The van der Waals surface area contributed by atoms with Crippen LogP contribution in [0.25, 0.3) is 0 Å². The highest BCUT2D eigenvalue weighted by atomic mass is 35.5. The van der Waals surface area contributed by atoms with E-state index in [-0.39, 0.29) is 23.0 Å². The van der Waals surface area contributed by atoms with E-state index >= 15 is 0 Å². The van der Waals surface area contributed by atoms with Crippen LogP contribution in [-0.4, -0.2) is 18.9 Å². The molecule has 0 radical (unpaired) electrons. The molecule has 0 atom stereocenters. The zero-order valence-corrected chi connectivity index (χ0v) is 13.2. The van der Waals surface area contributed by atoms with Crippen molar-refractivity contribution in [2.24, 2.45) is 0 Å². The fraction of sp³-hybridized carbons (Fsp3) is 0.176. The van der Waals surface area contributed by atoms with Crippen molar-refractivity contribution in [3.63, 3.8) is 0 Å². The van der Waals surface area contributed by atoms with Gasteiger partial charge >= 0.3 is 0 Å². The number of benzene rings is 2. The van der Waals surface area contributed by atoms with Crippen LogP contribution < -0.4 is 10.2 Å². The number of fused-ring (bicyclic) bond motifs is 1. The first kappa shape index (κ1) is 15.5. The summed E-state index contributed by atoms with van der Waals surface area (Å²) in [5.41, 5.74) is 2.48. The van der Waals surface area contributed by atoms with E-state index in [4.69, 9.17) is 11.6 Å². The molecule has 3 rings (SSSR count). The van der Waals surface area contributed by atoms with Crippen LogP contribution in [0.2, 0.25) is 5.02 Å². The Hall–Kier alpha value is -2.40. The number of carbonyl (C=O) groups is 2. The summed E-state index contributed by atoms with van der Waals surface area (Å²) >= 11 is 5.87. The topological polar surface area (TPSA) is 49.4 Å². The second kappa shape index (κ2) is 6.01. The van der Waals surface area contributed by atoms with Gasteiger partial charge in [-0.2, -0.15) is 0 Å². The quantitative estimate of drug-likeness (QED) is 0.939. The minimum atomic E-state index is -0.656. The summed E-state index contributed by atoms with van der Waals surface area (Å²) < 4.78 is 13.7. The number of hydrogen-bond donors (Lipinski definition) is 1. The first-order chi connectivity index (χ1) is 11.0. The number of nitrogens with zero attached hydrogens (tertiary/aromatic N) is 1. The van der Waals surface area contributed by atoms with Crippen molar-refractivity contribution in [2.75, 3.05) is 11.9 Å². The average Bonchev–Trinajstić information content (AvgIpc) is 2.79. The Kier molecular flexibility index (Phi) is 4.05. The third-order valence-electron chi connectivity index (χ3n) is 3.86. The fourth-order valence-electron chi connectivity index (χ4n) is 2.62. The molecule has 0 saturated heterocycles. The van der Waals surface area contributed by atoms with Gasteiger partial charge in [0.15, 0.2) is 0 Å². The van der Waals surface area contributed by atoms with Gasteiger partial charge in [0.1, 0.15) is 5.82 Å². The molecule has 1 heterocycles. The van der Waals surface area contributed by atoms with Crippen LogP contribution in [0.15, 0.2) is 36.4 Å². The summed E-state index contributed by atoms with van der Waals surface area (Å²) in [5, 5.41) is 2.72. The van der Waals surface area contributed by atoms with Gasteiger partial charge in [0.05, 0.1) is 17.0 Å². The number of amides is 2. The van der Waals surface area contributed by atoms with Gasteiger partial charge in [0.25, 0.3) is 5.91 Å². The highest BCUT2D eigenvalue weighted by molar-refractivity contribution is 6.33. The molecule has 1 N–H and O–H groups in total. The molecule has 2 aromatic rings. The number of nitrogens with one attached hydrogen (secondary N) is 1. The fourth-order valence-corrected chi connectivity index (χ4v) is 2.87. The van der Waals surface area contributed by atoms with Gasteiger partial charge in [-0.3, -0.25) is 9.59 Å². The summed E-state index contributed by atoms with van der Waals surface area (Å²) in [6.45, 7) is 0.231. The third kappa shape index (κ3) is 2.92. The zero-order valence-electron chi connectivity index (χ0n) is 12.4. The predicted octanol–water partition coefficient (Wildman–Crippen LogP) is 2.93. The SMILES string of the molecule is CN1C(=O)Cc2cc(CNC(=O)c3c(F)cccc3Cl)ccc21. The van der Waals surface area contributed by atoms with Crippen LogP contribution in [0.1, 0.15) is 21.5 Å². The van der Waals surface area contributed by atoms with E-state index in [2.05, 4.69) is 5.32 Å². The lowest BCUT2D eigenvalue weighted by atomic mass is 10.1. The maximum atomic E-state index is 13.7. The minimum Gasteiger partial charge on any atom is -0.348 e. The van der Waals surface area contributed by atoms with E-state index in [1.54, 1.807) is 11.9 Å². The number of rotatable bonds is 3. The molecule has 0 aliphatic carbocycles. The number of halogens is 2. The van der Waals surface area contributed by atoms with Crippen molar-refractivity contribution in [3.05, 3.63) is 63.9 Å². The van der Waals surface area contributed by atoms with Gasteiger partial charge in [0.2, 0.25) is 5.91 Å². The second-order valence-electron chi connectivity index (χ2n) is 5.37. The summed E-state index contributed by atoms with van der Waals surface area (Å²) in [6.07, 6.45) is 0.354. The van der Waals surface area contributed by atoms with Crippen molar-refractivity contribution in [3.8, 4) is 0 Å². The molecule has 118 valence electrons. The van der Waals surface area contributed by atoms with E-state index < -0.39 is 11.7 Å². The molecule has 0 aromatic heterocycles. The molecule has 23 heavy (non-hydrogen) atoms. The van der Waals surface area contributed by atoms with Gasteiger partial charge in [-0.1, -0.05) is 29.8 Å². The standard InChI is InChI=1S/C17H14ClFN2O2/c1-21-14-6-5-10(7-11(14)8-15(21)22)9-20-17(23)16-12(18)3-2-4-13(16)19/h2-7H,8-9H2,1H3,(H,20,23). The number of anilines is 1. The average molecular weight is 333 g/mol. The highest BCUT2D eigenvalue weighted by Gasteiger charge is 2.24. The molecular formula is C17H14ClFN2O2. The Labute approximate surface area is 137 Å². The number of hydrogen-bond acceptors (Lipinski definition) is 2. The lowest BCUT2D eigenvalue weighted by Crippen LogP contribution is -2.24. The van der Waals surface area contributed by atoms with Crippen molar-refractivity contribution in [2.45, 2.75) is 13.0 Å². The van der Waals surface area contributed by atoms with E-state index in [1.165, 1.54) is 18.2 Å². The van der Waals surface area contributed by atoms with E-state index in [9.17, 15) is 14.0 Å². The van der Waals surface area contributed by atoms with Crippen LogP contribution in [-0.2, 0) is 17.8 Å². The normalized spacial score (nSPS) is 13.2. The lowest BCUT2D eigenvalue weighted by molar-refractivity contribution is -0.117. The van der Waals surface area contributed by atoms with E-state index in [1.807, 2.05) is 18.2 Å². The Morgan fingerprint density at radius 3 is 2.87 bits per heavy atom. The molecule has 0 saturated carbocycles. The molecule has 4 nitrogen and oxygen atoms in total. The van der Waals surface area contributed by atoms with Gasteiger partial charge in [-0.05, 0) is 29.3 Å². The maximum Gasteiger partial charge on any atom is 0.256 e. The Morgan fingerprint density at radius 1 is 1.35 bits per heavy atom. The van der Waals surface area contributed by atoms with Gasteiger partial charge in [-0.25, -0.2) is 4.39 Å². The van der Waals surface area contributed by atoms with Crippen LogP contribution >= 0.6 is 11.6 Å². The number of likely N-dealkylation sites (N-methyl/N-ethyl adjacent to an activating group) is 1. The first-order valence-electron chi connectivity index (χ1n) is 7.08. The van der Waals surface area contributed by atoms with E-state index in [0.29, 0.717) is 6.42 Å². The Bertz CT molecular complexity index is 787. The van der Waals surface area contributed by atoms with Gasteiger partial charge < -0.3 is 10.2 Å². The number of carbonyl (C=O) groups excluding carboxylic acids is 2. The van der Waals surface area contributed by atoms with Gasteiger partial charge in [0, 0.05) is 19.3 Å². The first-order valence-corrected chi connectivity index (χ1v) is 7.45. The molecular weight excluding hydrogens is 319 g/mol. The van der Waals surface area contributed by atoms with Crippen LogP contribution in [0.4, 0.5) is 10.1 Å². The molecule has 1 aliphatic heterocycles. The van der Waals surface area contributed by atoms with Gasteiger partial charge in [-0.15, -0.1) is 0 Å². The molecule has 0 spiro atoms. The Morgan fingerprint density at radius 2 is 2.13 bits per heavy atom. The molecule has 6 heteroatoms. The second-order valence-corrected chi connectivity index (χ2v) is 5.78. The van der Waals surface area contributed by atoms with Crippen molar-refractivity contribution in [1.29, 1.82) is 0 Å². The smallest absolute Gasteiger partial charge is 0.256 e. The molecule has 2 amide bonds. The minimum absolute atomic E-state index is 0.0410. The van der Waals surface area contributed by atoms with Crippen LogP contribution in [0.3, 0.4) is 0 Å². The van der Waals surface area contributed by atoms with Crippen molar-refractivity contribution < 1.29 is 14.0 Å². The monoisotopic (exact) mass is 332 g/mol. The van der Waals surface area contributed by atoms with Crippen molar-refractivity contribution in [1.82, 2.24) is 5.32 Å². The summed E-state index contributed by atoms with van der Waals surface area (Å²) in [7, 11) is 1.73. The summed E-state index contributed by atoms with van der Waals surface area (Å²) in [4.78, 5) is 25.4.